The first kappa shape index (κ1) is 18.4. The molecule has 0 aromatic carbocycles. The van der Waals surface area contributed by atoms with Gasteiger partial charge in [0.15, 0.2) is 5.69 Å². The van der Waals surface area contributed by atoms with Gasteiger partial charge in [-0.2, -0.15) is 5.10 Å². The average molecular weight is 349 g/mol. The highest BCUT2D eigenvalue weighted by atomic mass is 16.3. The van der Waals surface area contributed by atoms with E-state index >= 15 is 0 Å². The minimum Gasteiger partial charge on any atom is -0.396 e. The van der Waals surface area contributed by atoms with Crippen LogP contribution in [0, 0.1) is 18.8 Å². The Labute approximate surface area is 150 Å². The summed E-state index contributed by atoms with van der Waals surface area (Å²) in [5.74, 6) is 0.499. The van der Waals surface area contributed by atoms with Crippen molar-refractivity contribution in [1.29, 1.82) is 0 Å². The van der Waals surface area contributed by atoms with Crippen LogP contribution in [0.5, 0.6) is 0 Å². The first-order valence-electron chi connectivity index (χ1n) is 9.37. The molecule has 7 nitrogen and oxygen atoms in total. The van der Waals surface area contributed by atoms with E-state index in [4.69, 9.17) is 0 Å². The predicted molar refractivity (Wildman–Crippen MR) is 96.5 cm³/mol. The Kier molecular flexibility index (Phi) is 5.76. The summed E-state index contributed by atoms with van der Waals surface area (Å²) in [6, 6.07) is 1.87. The molecule has 0 saturated carbocycles. The van der Waals surface area contributed by atoms with Crippen LogP contribution in [0.4, 0.5) is 0 Å². The fourth-order valence-corrected chi connectivity index (χ4v) is 3.98. The van der Waals surface area contributed by atoms with Crippen molar-refractivity contribution in [3.63, 3.8) is 0 Å². The molecule has 0 radical (unpaired) electrons. The molecule has 1 amide bonds. The van der Waals surface area contributed by atoms with Crippen molar-refractivity contribution in [2.45, 2.75) is 20.4 Å². The third-order valence-corrected chi connectivity index (χ3v) is 5.69. The number of likely N-dealkylation sites (N-methyl/N-ethyl adjacent to an activating group) is 1. The zero-order valence-electron chi connectivity index (χ0n) is 15.7. The van der Waals surface area contributed by atoms with Crippen molar-refractivity contribution >= 4 is 5.91 Å². The number of aromatic nitrogens is 2. The maximum atomic E-state index is 12.8. The van der Waals surface area contributed by atoms with E-state index in [9.17, 15) is 9.90 Å². The molecule has 0 bridgehead atoms. The lowest BCUT2D eigenvalue weighted by molar-refractivity contribution is 0.0770. The first-order chi connectivity index (χ1) is 12.0. The maximum absolute atomic E-state index is 12.8. The van der Waals surface area contributed by atoms with Gasteiger partial charge < -0.3 is 19.8 Å². The summed E-state index contributed by atoms with van der Waals surface area (Å²) in [6.45, 7) is 11.5. The van der Waals surface area contributed by atoms with Crippen molar-refractivity contribution in [2.75, 3.05) is 59.5 Å². The monoisotopic (exact) mass is 349 g/mol. The van der Waals surface area contributed by atoms with Crippen molar-refractivity contribution in [3.8, 4) is 0 Å². The number of amides is 1. The molecule has 7 heteroatoms. The Bertz CT molecular complexity index is 594. The Morgan fingerprint density at radius 3 is 2.52 bits per heavy atom. The van der Waals surface area contributed by atoms with Crippen molar-refractivity contribution in [1.82, 2.24) is 24.5 Å². The van der Waals surface area contributed by atoms with E-state index in [2.05, 4.69) is 21.9 Å². The third kappa shape index (κ3) is 4.04. The molecule has 1 aromatic heterocycles. The number of likely N-dealkylation sites (tertiary alicyclic amines) is 1. The Balaban J connectivity index is 1.62. The molecular formula is C18H31N5O2. The molecule has 2 saturated heterocycles. The summed E-state index contributed by atoms with van der Waals surface area (Å²) < 4.78 is 1.86. The quantitative estimate of drug-likeness (QED) is 0.819. The van der Waals surface area contributed by atoms with Crippen LogP contribution in [0.2, 0.25) is 0 Å². The van der Waals surface area contributed by atoms with E-state index in [-0.39, 0.29) is 18.4 Å². The highest BCUT2D eigenvalue weighted by molar-refractivity contribution is 5.92. The highest BCUT2D eigenvalue weighted by Gasteiger charge is 2.37. The number of piperazine rings is 1. The van der Waals surface area contributed by atoms with E-state index in [1.54, 1.807) is 0 Å². The molecule has 0 spiro atoms. The number of carbonyl (C=O) groups is 1. The largest absolute Gasteiger partial charge is 0.396 e. The zero-order chi connectivity index (χ0) is 18.0. The lowest BCUT2D eigenvalue weighted by Crippen LogP contribution is -2.47. The lowest BCUT2D eigenvalue weighted by Gasteiger charge is -2.34. The first-order valence-corrected chi connectivity index (χ1v) is 9.37. The molecule has 140 valence electrons. The summed E-state index contributed by atoms with van der Waals surface area (Å²) in [5.41, 5.74) is 1.54. The van der Waals surface area contributed by atoms with E-state index in [1.807, 2.05) is 29.5 Å². The van der Waals surface area contributed by atoms with Crippen LogP contribution < -0.4 is 0 Å². The van der Waals surface area contributed by atoms with Gasteiger partial charge in [0.25, 0.3) is 5.91 Å². The molecule has 2 aliphatic rings. The van der Waals surface area contributed by atoms with Crippen molar-refractivity contribution in [3.05, 3.63) is 17.5 Å². The minimum atomic E-state index is -0.00497. The SMILES string of the molecule is CCn1nc(C(=O)N2C[C@@H](CN3CCN(C)CC3)[C@@H](CO)C2)cc1C. The molecule has 1 N–H and O–H groups in total. The smallest absolute Gasteiger partial charge is 0.274 e. The van der Waals surface area contributed by atoms with Gasteiger partial charge in [-0.05, 0) is 32.9 Å². The molecule has 2 atom stereocenters. The number of hydrogen-bond donors (Lipinski definition) is 1. The number of rotatable bonds is 5. The lowest BCUT2D eigenvalue weighted by atomic mass is 9.96. The van der Waals surface area contributed by atoms with Gasteiger partial charge in [-0.15, -0.1) is 0 Å². The standard InChI is InChI=1S/C18H31N5O2/c1-4-23-14(2)9-17(19-23)18(25)22-11-15(16(12-22)13-24)10-21-7-5-20(3)6-8-21/h9,15-16,24H,4-8,10-13H2,1-3H3/t15-,16-/m1/s1. The van der Waals surface area contributed by atoms with Crippen LogP contribution in [0.3, 0.4) is 0 Å². The predicted octanol–water partition coefficient (Wildman–Crippen LogP) is 0.139. The van der Waals surface area contributed by atoms with Gasteiger partial charge in [0.05, 0.1) is 0 Å². The zero-order valence-corrected chi connectivity index (χ0v) is 15.7. The number of aliphatic hydroxyl groups excluding tert-OH is 1. The Morgan fingerprint density at radius 1 is 1.24 bits per heavy atom. The van der Waals surface area contributed by atoms with E-state index < -0.39 is 0 Å². The number of aliphatic hydroxyl groups is 1. The number of hydrogen-bond acceptors (Lipinski definition) is 5. The normalized spacial score (nSPS) is 25.7. The van der Waals surface area contributed by atoms with Gasteiger partial charge in [-0.1, -0.05) is 0 Å². The Morgan fingerprint density at radius 2 is 1.92 bits per heavy atom. The molecule has 25 heavy (non-hydrogen) atoms. The van der Waals surface area contributed by atoms with E-state index in [0.717, 1.165) is 45.0 Å². The summed E-state index contributed by atoms with van der Waals surface area (Å²) in [6.07, 6.45) is 0. The molecular weight excluding hydrogens is 318 g/mol. The van der Waals surface area contributed by atoms with Gasteiger partial charge in [0, 0.05) is 70.6 Å². The van der Waals surface area contributed by atoms with Crippen LogP contribution in [-0.2, 0) is 6.54 Å². The van der Waals surface area contributed by atoms with Crippen LogP contribution in [-0.4, -0.2) is 95.0 Å². The molecule has 0 aliphatic carbocycles. The molecule has 3 heterocycles. The van der Waals surface area contributed by atoms with Gasteiger partial charge in [-0.3, -0.25) is 9.48 Å². The Hall–Kier alpha value is -1.44. The summed E-state index contributed by atoms with van der Waals surface area (Å²) in [5, 5.41) is 14.2. The summed E-state index contributed by atoms with van der Waals surface area (Å²) in [4.78, 5) is 19.5. The molecule has 2 aliphatic heterocycles. The summed E-state index contributed by atoms with van der Waals surface area (Å²) in [7, 11) is 2.15. The third-order valence-electron chi connectivity index (χ3n) is 5.69. The van der Waals surface area contributed by atoms with Gasteiger partial charge in [0.1, 0.15) is 0 Å². The van der Waals surface area contributed by atoms with E-state index in [1.165, 1.54) is 0 Å². The van der Waals surface area contributed by atoms with Gasteiger partial charge in [0.2, 0.25) is 0 Å². The fourth-order valence-electron chi connectivity index (χ4n) is 3.98. The molecule has 2 fully saturated rings. The number of carbonyl (C=O) groups excluding carboxylic acids is 1. The molecule has 0 unspecified atom stereocenters. The van der Waals surface area contributed by atoms with Crippen LogP contribution in [0.25, 0.3) is 0 Å². The van der Waals surface area contributed by atoms with Gasteiger partial charge in [-0.25, -0.2) is 0 Å². The van der Waals surface area contributed by atoms with E-state index in [0.29, 0.717) is 24.7 Å². The highest BCUT2D eigenvalue weighted by Crippen LogP contribution is 2.26. The van der Waals surface area contributed by atoms with Crippen LogP contribution >= 0.6 is 0 Å². The summed E-state index contributed by atoms with van der Waals surface area (Å²) >= 11 is 0. The fraction of sp³-hybridized carbons (Fsp3) is 0.778. The average Bonchev–Trinajstić information content (AvgIpc) is 3.19. The maximum Gasteiger partial charge on any atom is 0.274 e. The second kappa shape index (κ2) is 7.85. The van der Waals surface area contributed by atoms with Crippen molar-refractivity contribution < 1.29 is 9.90 Å². The number of nitrogens with zero attached hydrogens (tertiary/aromatic N) is 5. The van der Waals surface area contributed by atoms with Crippen LogP contribution in [0.15, 0.2) is 6.07 Å². The minimum absolute atomic E-state index is 0.00497. The second-order valence-corrected chi connectivity index (χ2v) is 7.50. The molecule has 1 aromatic rings. The number of aryl methyl sites for hydroxylation is 2. The second-order valence-electron chi connectivity index (χ2n) is 7.50. The van der Waals surface area contributed by atoms with Crippen LogP contribution in [0.1, 0.15) is 23.1 Å². The van der Waals surface area contributed by atoms with Crippen molar-refractivity contribution in [2.24, 2.45) is 11.8 Å². The topological polar surface area (TPSA) is 64.8 Å². The molecule has 3 rings (SSSR count). The van der Waals surface area contributed by atoms with Gasteiger partial charge >= 0.3 is 0 Å².